The Morgan fingerprint density at radius 3 is 2.00 bits per heavy atom. The first-order valence-corrected chi connectivity index (χ1v) is 10.9. The SMILES string of the molecule is O=C(CNC(=O)C1CC1(c1ccccc1)c1ccccc1)NCC1CCCCC1. The van der Waals surface area contributed by atoms with Crippen molar-refractivity contribution in [2.75, 3.05) is 13.1 Å². The lowest BCUT2D eigenvalue weighted by Crippen LogP contribution is -2.40. The van der Waals surface area contributed by atoms with Gasteiger partial charge in [-0.1, -0.05) is 79.9 Å². The van der Waals surface area contributed by atoms with E-state index in [-0.39, 0.29) is 29.7 Å². The summed E-state index contributed by atoms with van der Waals surface area (Å²) in [4.78, 5) is 25.1. The number of carbonyl (C=O) groups is 2. The van der Waals surface area contributed by atoms with E-state index in [1.165, 1.54) is 32.1 Å². The number of carbonyl (C=O) groups excluding carboxylic acids is 2. The van der Waals surface area contributed by atoms with Crippen LogP contribution in [0.2, 0.25) is 0 Å². The zero-order chi connectivity index (χ0) is 20.1. The van der Waals surface area contributed by atoms with Gasteiger partial charge in [0.2, 0.25) is 11.8 Å². The summed E-state index contributed by atoms with van der Waals surface area (Å²) in [5.74, 6) is 0.328. The number of hydrogen-bond donors (Lipinski definition) is 2. The van der Waals surface area contributed by atoms with E-state index in [0.717, 1.165) is 24.1 Å². The number of rotatable bonds is 7. The molecule has 0 aromatic heterocycles. The van der Waals surface area contributed by atoms with E-state index in [0.29, 0.717) is 5.92 Å². The summed E-state index contributed by atoms with van der Waals surface area (Å²) < 4.78 is 0. The van der Waals surface area contributed by atoms with Gasteiger partial charge in [-0.3, -0.25) is 9.59 Å². The van der Waals surface area contributed by atoms with Crippen LogP contribution in [0, 0.1) is 11.8 Å². The lowest BCUT2D eigenvalue weighted by Gasteiger charge is -2.22. The molecule has 2 saturated carbocycles. The topological polar surface area (TPSA) is 58.2 Å². The Hall–Kier alpha value is -2.62. The van der Waals surface area contributed by atoms with Gasteiger partial charge in [-0.15, -0.1) is 0 Å². The van der Waals surface area contributed by atoms with Gasteiger partial charge in [0.1, 0.15) is 0 Å². The molecule has 1 unspecified atom stereocenters. The van der Waals surface area contributed by atoms with Gasteiger partial charge >= 0.3 is 0 Å². The molecule has 152 valence electrons. The highest BCUT2D eigenvalue weighted by atomic mass is 16.2. The fourth-order valence-electron chi connectivity index (χ4n) is 4.86. The first-order valence-electron chi connectivity index (χ1n) is 10.9. The van der Waals surface area contributed by atoms with Crippen LogP contribution in [-0.4, -0.2) is 24.9 Å². The number of benzene rings is 2. The predicted octanol–water partition coefficient (Wildman–Crippen LogP) is 3.81. The summed E-state index contributed by atoms with van der Waals surface area (Å²) in [5.41, 5.74) is 2.03. The van der Waals surface area contributed by atoms with E-state index in [4.69, 9.17) is 0 Å². The van der Waals surface area contributed by atoms with Crippen LogP contribution < -0.4 is 10.6 Å². The second-order valence-electron chi connectivity index (χ2n) is 8.49. The number of nitrogens with one attached hydrogen (secondary N) is 2. The quantitative estimate of drug-likeness (QED) is 0.755. The van der Waals surface area contributed by atoms with Crippen LogP contribution in [0.3, 0.4) is 0 Å². The highest BCUT2D eigenvalue weighted by Gasteiger charge is 2.60. The van der Waals surface area contributed by atoms with Crippen LogP contribution in [-0.2, 0) is 15.0 Å². The minimum Gasteiger partial charge on any atom is -0.354 e. The molecule has 29 heavy (non-hydrogen) atoms. The zero-order valence-electron chi connectivity index (χ0n) is 16.9. The average molecular weight is 391 g/mol. The Bertz CT molecular complexity index is 789. The van der Waals surface area contributed by atoms with E-state index < -0.39 is 0 Å². The Labute approximate surface area is 173 Å². The Kier molecular flexibility index (Phi) is 5.98. The summed E-state index contributed by atoms with van der Waals surface area (Å²) in [5, 5.41) is 5.87. The minimum absolute atomic E-state index is 0.0366. The molecular weight excluding hydrogens is 360 g/mol. The van der Waals surface area contributed by atoms with Gasteiger partial charge < -0.3 is 10.6 Å². The molecule has 2 amide bonds. The molecule has 0 aliphatic heterocycles. The van der Waals surface area contributed by atoms with Crippen LogP contribution in [0.5, 0.6) is 0 Å². The highest BCUT2D eigenvalue weighted by molar-refractivity contribution is 5.89. The lowest BCUT2D eigenvalue weighted by atomic mass is 9.85. The molecular formula is C25H30N2O2. The van der Waals surface area contributed by atoms with E-state index in [1.807, 2.05) is 36.4 Å². The Balaban J connectivity index is 1.35. The maximum atomic E-state index is 12.9. The molecule has 0 bridgehead atoms. The molecule has 4 heteroatoms. The molecule has 0 spiro atoms. The summed E-state index contributed by atoms with van der Waals surface area (Å²) in [6, 6.07) is 20.4. The molecule has 0 heterocycles. The van der Waals surface area contributed by atoms with Crippen molar-refractivity contribution in [3.63, 3.8) is 0 Å². The summed E-state index contributed by atoms with van der Waals surface area (Å²) in [6.45, 7) is 0.789. The van der Waals surface area contributed by atoms with Crippen molar-refractivity contribution in [1.29, 1.82) is 0 Å². The van der Waals surface area contributed by atoms with Gasteiger partial charge in [0.25, 0.3) is 0 Å². The zero-order valence-corrected chi connectivity index (χ0v) is 16.9. The molecule has 2 aromatic carbocycles. The molecule has 2 aliphatic carbocycles. The van der Waals surface area contributed by atoms with Gasteiger partial charge in [0.15, 0.2) is 0 Å². The van der Waals surface area contributed by atoms with E-state index >= 15 is 0 Å². The van der Waals surface area contributed by atoms with E-state index in [2.05, 4.69) is 34.9 Å². The lowest BCUT2D eigenvalue weighted by molar-refractivity contribution is -0.127. The third-order valence-electron chi connectivity index (χ3n) is 6.59. The third kappa shape index (κ3) is 4.36. The van der Waals surface area contributed by atoms with E-state index in [9.17, 15) is 9.59 Å². The van der Waals surface area contributed by atoms with Crippen molar-refractivity contribution in [3.05, 3.63) is 71.8 Å². The van der Waals surface area contributed by atoms with Gasteiger partial charge in [0, 0.05) is 12.0 Å². The fourth-order valence-corrected chi connectivity index (χ4v) is 4.86. The molecule has 2 aliphatic rings. The Morgan fingerprint density at radius 1 is 0.828 bits per heavy atom. The van der Waals surface area contributed by atoms with Crippen molar-refractivity contribution in [3.8, 4) is 0 Å². The summed E-state index contributed by atoms with van der Waals surface area (Å²) >= 11 is 0. The summed E-state index contributed by atoms with van der Waals surface area (Å²) in [6.07, 6.45) is 7.01. The van der Waals surface area contributed by atoms with Crippen molar-refractivity contribution >= 4 is 11.8 Å². The molecule has 1 atom stereocenters. The first kappa shape index (κ1) is 19.7. The van der Waals surface area contributed by atoms with Crippen LogP contribution in [0.25, 0.3) is 0 Å². The molecule has 0 radical (unpaired) electrons. The number of hydrogen-bond acceptors (Lipinski definition) is 2. The summed E-state index contributed by atoms with van der Waals surface area (Å²) in [7, 11) is 0. The smallest absolute Gasteiger partial charge is 0.239 e. The van der Waals surface area contributed by atoms with Crippen LogP contribution in [0.4, 0.5) is 0 Å². The van der Waals surface area contributed by atoms with E-state index in [1.54, 1.807) is 0 Å². The maximum Gasteiger partial charge on any atom is 0.239 e. The van der Waals surface area contributed by atoms with Gasteiger partial charge in [-0.05, 0) is 36.3 Å². The van der Waals surface area contributed by atoms with Crippen molar-refractivity contribution in [2.45, 2.75) is 43.9 Å². The van der Waals surface area contributed by atoms with Gasteiger partial charge in [0.05, 0.1) is 12.5 Å². The maximum absolute atomic E-state index is 12.9. The van der Waals surface area contributed by atoms with Crippen LogP contribution in [0.15, 0.2) is 60.7 Å². The van der Waals surface area contributed by atoms with Crippen LogP contribution >= 0.6 is 0 Å². The van der Waals surface area contributed by atoms with Crippen molar-refractivity contribution in [2.24, 2.45) is 11.8 Å². The normalized spacial score (nSPS) is 20.6. The average Bonchev–Trinajstić information content (AvgIpc) is 3.55. The first-order chi connectivity index (χ1) is 14.2. The standard InChI is InChI=1S/C25H30N2O2/c28-23(26-17-19-10-4-1-5-11-19)18-27-24(29)22-16-25(22,20-12-6-2-7-13-20)21-14-8-3-9-15-21/h2-3,6-9,12-15,19,22H,1,4-5,10-11,16-18H2,(H,26,28)(H,27,29). The van der Waals surface area contributed by atoms with Crippen molar-refractivity contribution in [1.82, 2.24) is 10.6 Å². The van der Waals surface area contributed by atoms with Crippen molar-refractivity contribution < 1.29 is 9.59 Å². The molecule has 0 saturated heterocycles. The molecule has 2 aromatic rings. The molecule has 2 N–H and O–H groups in total. The molecule has 4 nitrogen and oxygen atoms in total. The second-order valence-corrected chi connectivity index (χ2v) is 8.49. The van der Waals surface area contributed by atoms with Gasteiger partial charge in [-0.2, -0.15) is 0 Å². The minimum atomic E-state index is -0.287. The van der Waals surface area contributed by atoms with Crippen LogP contribution in [0.1, 0.15) is 49.7 Å². The predicted molar refractivity (Wildman–Crippen MR) is 114 cm³/mol. The van der Waals surface area contributed by atoms with Gasteiger partial charge in [-0.25, -0.2) is 0 Å². The second kappa shape index (κ2) is 8.81. The molecule has 4 rings (SSSR count). The third-order valence-corrected chi connectivity index (χ3v) is 6.59. The Morgan fingerprint density at radius 2 is 1.41 bits per heavy atom. The largest absolute Gasteiger partial charge is 0.354 e. The highest BCUT2D eigenvalue weighted by Crippen LogP contribution is 2.58. The fraction of sp³-hybridized carbons (Fsp3) is 0.440. The monoisotopic (exact) mass is 390 g/mol. The number of amides is 2. The molecule has 2 fully saturated rings.